The second kappa shape index (κ2) is 9.19. The molecule has 1 heteroatoms. The van der Waals surface area contributed by atoms with E-state index in [4.69, 9.17) is 0 Å². The number of carbonyl (C=O) groups excluding carboxylic acids is 1. The summed E-state index contributed by atoms with van der Waals surface area (Å²) in [5, 5.41) is 0. The summed E-state index contributed by atoms with van der Waals surface area (Å²) in [7, 11) is 0. The van der Waals surface area contributed by atoms with Crippen molar-refractivity contribution < 1.29 is 4.79 Å². The number of benzene rings is 4. The van der Waals surface area contributed by atoms with Crippen LogP contribution in [0.5, 0.6) is 0 Å². The average Bonchev–Trinajstić information content (AvgIpc) is 3.27. The number of carbonyl (C=O) groups is 1. The Morgan fingerprint density at radius 2 is 0.730 bits per heavy atom. The minimum absolute atomic E-state index is 0.0508. The van der Waals surface area contributed by atoms with Crippen molar-refractivity contribution in [2.24, 2.45) is 5.41 Å². The SMILES string of the molecule is CC1=CC(=O)C=C(C)C12C(c1ccccc1)=C(c1ccccc1)C(c1ccccc1)=C2c1ccccc1. The van der Waals surface area contributed by atoms with Crippen LogP contribution in [0.4, 0.5) is 0 Å². The van der Waals surface area contributed by atoms with Crippen LogP contribution in [-0.2, 0) is 4.79 Å². The Morgan fingerprint density at radius 1 is 0.432 bits per heavy atom. The molecular weight excluding hydrogens is 448 g/mol. The van der Waals surface area contributed by atoms with Gasteiger partial charge in [0.25, 0.3) is 0 Å². The molecule has 0 saturated heterocycles. The maximum atomic E-state index is 12.8. The fraction of sp³-hybridized carbons (Fsp3) is 0.0833. The number of rotatable bonds is 4. The van der Waals surface area contributed by atoms with E-state index in [1.54, 1.807) is 0 Å². The van der Waals surface area contributed by atoms with Gasteiger partial charge >= 0.3 is 0 Å². The number of allylic oxidation sites excluding steroid dienone is 8. The maximum absolute atomic E-state index is 12.8. The van der Waals surface area contributed by atoms with Crippen LogP contribution in [0.25, 0.3) is 22.3 Å². The smallest absolute Gasteiger partial charge is 0.178 e. The highest BCUT2D eigenvalue weighted by Gasteiger charge is 2.51. The quantitative estimate of drug-likeness (QED) is 0.288. The molecule has 1 spiro atoms. The third-order valence-electron chi connectivity index (χ3n) is 7.65. The summed E-state index contributed by atoms with van der Waals surface area (Å²) in [5.74, 6) is 0.0508. The lowest BCUT2D eigenvalue weighted by Gasteiger charge is -2.40. The van der Waals surface area contributed by atoms with E-state index in [9.17, 15) is 4.79 Å². The van der Waals surface area contributed by atoms with E-state index < -0.39 is 5.41 Å². The summed E-state index contributed by atoms with van der Waals surface area (Å²) in [6.07, 6.45) is 3.66. The molecule has 178 valence electrons. The zero-order chi connectivity index (χ0) is 25.4. The first kappa shape index (κ1) is 22.9. The van der Waals surface area contributed by atoms with Gasteiger partial charge in [0.2, 0.25) is 0 Å². The third-order valence-corrected chi connectivity index (χ3v) is 7.65. The molecule has 4 aromatic rings. The van der Waals surface area contributed by atoms with Crippen LogP contribution in [0.15, 0.2) is 145 Å². The van der Waals surface area contributed by atoms with Crippen molar-refractivity contribution in [2.75, 3.05) is 0 Å². The van der Waals surface area contributed by atoms with Crippen LogP contribution in [-0.4, -0.2) is 5.78 Å². The van der Waals surface area contributed by atoms with E-state index in [1.165, 1.54) is 33.4 Å². The molecule has 0 aromatic heterocycles. The Labute approximate surface area is 218 Å². The summed E-state index contributed by atoms with van der Waals surface area (Å²) in [6, 6.07) is 42.7. The second-order valence-corrected chi connectivity index (χ2v) is 9.77. The van der Waals surface area contributed by atoms with E-state index in [0.717, 1.165) is 22.3 Å². The first-order valence-electron chi connectivity index (χ1n) is 12.8. The highest BCUT2D eigenvalue weighted by atomic mass is 16.1. The van der Waals surface area contributed by atoms with Crippen LogP contribution in [0, 0.1) is 5.41 Å². The Balaban J connectivity index is 1.87. The Morgan fingerprint density at radius 3 is 1.05 bits per heavy atom. The molecule has 0 amide bonds. The monoisotopic (exact) mass is 476 g/mol. The largest absolute Gasteiger partial charge is 0.290 e. The van der Waals surface area contributed by atoms with Crippen LogP contribution in [0.3, 0.4) is 0 Å². The van der Waals surface area contributed by atoms with Crippen molar-refractivity contribution in [3.05, 3.63) is 167 Å². The van der Waals surface area contributed by atoms with E-state index in [-0.39, 0.29) is 5.78 Å². The molecule has 6 rings (SSSR count). The lowest BCUT2D eigenvalue weighted by atomic mass is 9.61. The Kier molecular flexibility index (Phi) is 5.70. The lowest BCUT2D eigenvalue weighted by Crippen LogP contribution is -2.29. The van der Waals surface area contributed by atoms with Gasteiger partial charge in [-0.25, -0.2) is 0 Å². The van der Waals surface area contributed by atoms with Crippen molar-refractivity contribution in [1.82, 2.24) is 0 Å². The summed E-state index contributed by atoms with van der Waals surface area (Å²) in [5.41, 5.74) is 11.1. The van der Waals surface area contributed by atoms with Gasteiger partial charge < -0.3 is 0 Å². The van der Waals surface area contributed by atoms with E-state index in [0.29, 0.717) is 0 Å². The van der Waals surface area contributed by atoms with Gasteiger partial charge in [-0.2, -0.15) is 0 Å². The second-order valence-electron chi connectivity index (χ2n) is 9.77. The molecule has 37 heavy (non-hydrogen) atoms. The molecule has 1 nitrogen and oxygen atoms in total. The van der Waals surface area contributed by atoms with Crippen LogP contribution < -0.4 is 0 Å². The number of ketones is 1. The van der Waals surface area contributed by atoms with Crippen molar-refractivity contribution >= 4 is 28.1 Å². The highest BCUT2D eigenvalue weighted by molar-refractivity contribution is 6.32. The van der Waals surface area contributed by atoms with E-state index >= 15 is 0 Å². The predicted octanol–water partition coefficient (Wildman–Crippen LogP) is 8.68. The normalized spacial score (nSPS) is 16.8. The summed E-state index contributed by atoms with van der Waals surface area (Å²) in [4.78, 5) is 12.8. The molecule has 0 saturated carbocycles. The Bertz CT molecular complexity index is 1480. The van der Waals surface area contributed by atoms with Gasteiger partial charge in [-0.05, 0) is 70.5 Å². The predicted molar refractivity (Wildman–Crippen MR) is 154 cm³/mol. The van der Waals surface area contributed by atoms with Gasteiger partial charge in [-0.1, -0.05) is 132 Å². The molecule has 0 radical (unpaired) electrons. The molecular formula is C36H28O. The first-order valence-corrected chi connectivity index (χ1v) is 12.8. The minimum atomic E-state index is -0.576. The Hall–Kier alpha value is -4.49. The van der Waals surface area contributed by atoms with Crippen LogP contribution in [0.1, 0.15) is 36.1 Å². The van der Waals surface area contributed by atoms with E-state index in [2.05, 4.69) is 135 Å². The lowest BCUT2D eigenvalue weighted by molar-refractivity contribution is -0.110. The molecule has 2 aliphatic carbocycles. The maximum Gasteiger partial charge on any atom is 0.178 e. The topological polar surface area (TPSA) is 17.1 Å². The highest BCUT2D eigenvalue weighted by Crippen LogP contribution is 2.67. The first-order chi connectivity index (χ1) is 18.1. The van der Waals surface area contributed by atoms with Gasteiger partial charge in [0.05, 0.1) is 5.41 Å². The summed E-state index contributed by atoms with van der Waals surface area (Å²) < 4.78 is 0. The van der Waals surface area contributed by atoms with Gasteiger partial charge in [0.15, 0.2) is 5.78 Å². The van der Waals surface area contributed by atoms with Gasteiger partial charge in [-0.15, -0.1) is 0 Å². The van der Waals surface area contributed by atoms with Crippen LogP contribution >= 0.6 is 0 Å². The molecule has 0 atom stereocenters. The molecule has 2 aliphatic rings. The minimum Gasteiger partial charge on any atom is -0.290 e. The average molecular weight is 477 g/mol. The molecule has 0 heterocycles. The molecule has 0 bridgehead atoms. The fourth-order valence-corrected chi connectivity index (χ4v) is 6.25. The van der Waals surface area contributed by atoms with Gasteiger partial charge in [0, 0.05) is 0 Å². The molecule has 0 N–H and O–H groups in total. The van der Waals surface area contributed by atoms with Crippen molar-refractivity contribution in [1.29, 1.82) is 0 Å². The number of hydrogen-bond donors (Lipinski definition) is 0. The molecule has 4 aromatic carbocycles. The molecule has 0 aliphatic heterocycles. The van der Waals surface area contributed by atoms with Gasteiger partial charge in [-0.3, -0.25) is 4.79 Å². The van der Waals surface area contributed by atoms with Crippen molar-refractivity contribution in [2.45, 2.75) is 13.8 Å². The van der Waals surface area contributed by atoms with Crippen molar-refractivity contribution in [3.8, 4) is 0 Å². The van der Waals surface area contributed by atoms with Crippen molar-refractivity contribution in [3.63, 3.8) is 0 Å². The van der Waals surface area contributed by atoms with Gasteiger partial charge in [0.1, 0.15) is 0 Å². The zero-order valence-corrected chi connectivity index (χ0v) is 21.1. The zero-order valence-electron chi connectivity index (χ0n) is 21.1. The van der Waals surface area contributed by atoms with Crippen LogP contribution in [0.2, 0.25) is 0 Å². The third kappa shape index (κ3) is 3.58. The number of hydrogen-bond acceptors (Lipinski definition) is 1. The standard InChI is InChI=1S/C36H28O/c1-25-23-31(37)24-26(2)36(25)34(29-19-11-5-12-20-29)32(27-15-7-3-8-16-27)33(28-17-9-4-10-18-28)35(36)30-21-13-6-14-22-30/h3-24H,1-2H3. The summed E-state index contributed by atoms with van der Waals surface area (Å²) in [6.45, 7) is 4.24. The fourth-order valence-electron chi connectivity index (χ4n) is 6.25. The molecule has 0 fully saturated rings. The summed E-state index contributed by atoms with van der Waals surface area (Å²) >= 11 is 0. The van der Waals surface area contributed by atoms with E-state index in [1.807, 2.05) is 12.2 Å². The molecule has 0 unspecified atom stereocenters.